The molecule has 0 spiro atoms. The zero-order valence-corrected chi connectivity index (χ0v) is 13.7. The Morgan fingerprint density at radius 3 is 2.32 bits per heavy atom. The van der Waals surface area contributed by atoms with E-state index in [1.165, 1.54) is 0 Å². The average molecular weight is 303 g/mol. The summed E-state index contributed by atoms with van der Waals surface area (Å²) in [6.45, 7) is 7.82. The lowest BCUT2D eigenvalue weighted by Gasteiger charge is -2.39. The lowest BCUT2D eigenvalue weighted by molar-refractivity contribution is -0.137. The highest BCUT2D eigenvalue weighted by atomic mass is 16.2. The first kappa shape index (κ1) is 16.5. The maximum absolute atomic E-state index is 12.6. The number of carbonyl (C=O) groups is 2. The van der Waals surface area contributed by atoms with E-state index in [1.807, 2.05) is 52.0 Å². The Morgan fingerprint density at radius 2 is 1.77 bits per heavy atom. The number of hydrazine groups is 1. The van der Waals surface area contributed by atoms with E-state index in [2.05, 4.69) is 10.7 Å². The smallest absolute Gasteiger partial charge is 0.240 e. The van der Waals surface area contributed by atoms with Crippen molar-refractivity contribution in [3.8, 4) is 0 Å². The molecule has 1 aromatic carbocycles. The SMILES string of the molecule is Cc1ccc(NC(=O)[C@H]2CC[C@](C)(C(=O)NN)C2(C)C)cc1. The Labute approximate surface area is 131 Å². The van der Waals surface area contributed by atoms with E-state index < -0.39 is 10.8 Å². The van der Waals surface area contributed by atoms with Crippen LogP contribution in [0.5, 0.6) is 0 Å². The van der Waals surface area contributed by atoms with Gasteiger partial charge >= 0.3 is 0 Å². The minimum absolute atomic E-state index is 0.0394. The highest BCUT2D eigenvalue weighted by Gasteiger charge is 2.57. The van der Waals surface area contributed by atoms with Crippen molar-refractivity contribution < 1.29 is 9.59 Å². The molecule has 0 saturated heterocycles. The average Bonchev–Trinajstić information content (AvgIpc) is 2.72. The van der Waals surface area contributed by atoms with E-state index >= 15 is 0 Å². The molecule has 5 heteroatoms. The molecule has 1 saturated carbocycles. The summed E-state index contributed by atoms with van der Waals surface area (Å²) < 4.78 is 0. The number of carbonyl (C=O) groups excluding carboxylic acids is 2. The number of amides is 2. The first-order chi connectivity index (χ1) is 10.2. The van der Waals surface area contributed by atoms with Crippen molar-refractivity contribution in [2.24, 2.45) is 22.6 Å². The maximum Gasteiger partial charge on any atom is 0.240 e. The lowest BCUT2D eigenvalue weighted by atomic mass is 9.65. The number of nitrogens with one attached hydrogen (secondary N) is 2. The van der Waals surface area contributed by atoms with Crippen LogP contribution in [0, 0.1) is 23.7 Å². The van der Waals surface area contributed by atoms with Gasteiger partial charge in [0.05, 0.1) is 5.41 Å². The summed E-state index contributed by atoms with van der Waals surface area (Å²) in [6.07, 6.45) is 1.32. The minimum Gasteiger partial charge on any atom is -0.326 e. The van der Waals surface area contributed by atoms with Gasteiger partial charge in [-0.15, -0.1) is 0 Å². The van der Waals surface area contributed by atoms with Crippen LogP contribution >= 0.6 is 0 Å². The van der Waals surface area contributed by atoms with E-state index in [4.69, 9.17) is 5.84 Å². The van der Waals surface area contributed by atoms with Gasteiger partial charge in [0.1, 0.15) is 0 Å². The molecule has 1 aliphatic carbocycles. The molecule has 2 amide bonds. The standard InChI is InChI=1S/C17H25N3O2/c1-11-5-7-12(8-6-11)19-14(21)13-9-10-17(4,15(22)20-18)16(13,2)3/h5-8,13H,9-10,18H2,1-4H3,(H,19,21)(H,20,22)/t13-,17-/m1/s1. The van der Waals surface area contributed by atoms with Gasteiger partial charge < -0.3 is 5.32 Å². The van der Waals surface area contributed by atoms with Gasteiger partial charge in [0.25, 0.3) is 0 Å². The Hall–Kier alpha value is -1.88. The summed E-state index contributed by atoms with van der Waals surface area (Å²) in [4.78, 5) is 24.8. The molecule has 5 nitrogen and oxygen atoms in total. The molecule has 22 heavy (non-hydrogen) atoms. The van der Waals surface area contributed by atoms with Gasteiger partial charge in [-0.3, -0.25) is 15.0 Å². The fraction of sp³-hybridized carbons (Fsp3) is 0.529. The second-order valence-corrected chi connectivity index (χ2v) is 6.97. The molecule has 0 bridgehead atoms. The van der Waals surface area contributed by atoms with Crippen LogP contribution < -0.4 is 16.6 Å². The second-order valence-electron chi connectivity index (χ2n) is 6.97. The minimum atomic E-state index is -0.642. The Morgan fingerprint density at radius 1 is 1.18 bits per heavy atom. The number of hydrogen-bond donors (Lipinski definition) is 3. The van der Waals surface area contributed by atoms with E-state index in [-0.39, 0.29) is 17.7 Å². The molecule has 0 unspecified atom stereocenters. The second kappa shape index (κ2) is 5.72. The van der Waals surface area contributed by atoms with Crippen molar-refractivity contribution in [2.75, 3.05) is 5.32 Å². The van der Waals surface area contributed by atoms with Crippen molar-refractivity contribution in [3.63, 3.8) is 0 Å². The fourth-order valence-corrected chi connectivity index (χ4v) is 3.39. The molecule has 2 atom stereocenters. The summed E-state index contributed by atoms with van der Waals surface area (Å²) in [6, 6.07) is 7.70. The number of nitrogens with two attached hydrogens (primary N) is 1. The summed E-state index contributed by atoms with van der Waals surface area (Å²) >= 11 is 0. The van der Waals surface area contributed by atoms with Gasteiger partial charge in [0, 0.05) is 11.6 Å². The van der Waals surface area contributed by atoms with E-state index in [9.17, 15) is 9.59 Å². The molecular formula is C17H25N3O2. The Kier molecular flexibility index (Phi) is 4.29. The van der Waals surface area contributed by atoms with Crippen LogP contribution in [0.3, 0.4) is 0 Å². The molecule has 0 aromatic heterocycles. The van der Waals surface area contributed by atoms with Gasteiger partial charge in [-0.25, -0.2) is 5.84 Å². The van der Waals surface area contributed by atoms with Gasteiger partial charge in [-0.05, 0) is 37.3 Å². The van der Waals surface area contributed by atoms with Crippen molar-refractivity contribution in [1.82, 2.24) is 5.43 Å². The molecule has 120 valence electrons. The van der Waals surface area contributed by atoms with E-state index in [1.54, 1.807) is 0 Å². The molecule has 0 aliphatic heterocycles. The van der Waals surface area contributed by atoms with Gasteiger partial charge in [-0.1, -0.05) is 38.5 Å². The summed E-state index contributed by atoms with van der Waals surface area (Å²) in [5.74, 6) is 4.85. The zero-order chi connectivity index (χ0) is 16.5. The lowest BCUT2D eigenvalue weighted by Crippen LogP contribution is -2.50. The molecule has 2 rings (SSSR count). The van der Waals surface area contributed by atoms with E-state index in [0.717, 1.165) is 11.3 Å². The first-order valence-electron chi connectivity index (χ1n) is 7.61. The monoisotopic (exact) mass is 303 g/mol. The molecular weight excluding hydrogens is 278 g/mol. The van der Waals surface area contributed by atoms with Crippen LogP contribution in [-0.4, -0.2) is 11.8 Å². The van der Waals surface area contributed by atoms with Gasteiger partial charge in [-0.2, -0.15) is 0 Å². The van der Waals surface area contributed by atoms with Crippen LogP contribution in [0.4, 0.5) is 5.69 Å². The van der Waals surface area contributed by atoms with Crippen molar-refractivity contribution in [1.29, 1.82) is 0 Å². The molecule has 1 aliphatic rings. The Balaban J connectivity index is 2.17. The Bertz CT molecular complexity index is 580. The van der Waals surface area contributed by atoms with Crippen LogP contribution in [0.1, 0.15) is 39.2 Å². The molecule has 0 heterocycles. The predicted molar refractivity (Wildman–Crippen MR) is 86.8 cm³/mol. The number of anilines is 1. The van der Waals surface area contributed by atoms with Crippen LogP contribution in [0.25, 0.3) is 0 Å². The summed E-state index contributed by atoms with van der Waals surface area (Å²) in [5, 5.41) is 2.96. The zero-order valence-electron chi connectivity index (χ0n) is 13.7. The first-order valence-corrected chi connectivity index (χ1v) is 7.61. The molecule has 4 N–H and O–H groups in total. The highest BCUT2D eigenvalue weighted by Crippen LogP contribution is 2.56. The van der Waals surface area contributed by atoms with Crippen molar-refractivity contribution >= 4 is 17.5 Å². The van der Waals surface area contributed by atoms with Crippen LogP contribution in [0.15, 0.2) is 24.3 Å². The van der Waals surface area contributed by atoms with Gasteiger partial charge in [0.2, 0.25) is 11.8 Å². The normalized spacial score (nSPS) is 26.5. The van der Waals surface area contributed by atoms with Crippen molar-refractivity contribution in [2.45, 2.75) is 40.5 Å². The van der Waals surface area contributed by atoms with E-state index in [0.29, 0.717) is 12.8 Å². The molecule has 1 aromatic rings. The third kappa shape index (κ3) is 2.61. The number of rotatable bonds is 3. The van der Waals surface area contributed by atoms with Crippen molar-refractivity contribution in [3.05, 3.63) is 29.8 Å². The van der Waals surface area contributed by atoms with Crippen LogP contribution in [0.2, 0.25) is 0 Å². The maximum atomic E-state index is 12.6. The quantitative estimate of drug-likeness (QED) is 0.455. The molecule has 1 fully saturated rings. The third-order valence-electron chi connectivity index (χ3n) is 5.49. The number of hydrogen-bond acceptors (Lipinski definition) is 3. The predicted octanol–water partition coefficient (Wildman–Crippen LogP) is 2.37. The molecule has 0 radical (unpaired) electrons. The van der Waals surface area contributed by atoms with Gasteiger partial charge in [0.15, 0.2) is 0 Å². The van der Waals surface area contributed by atoms with Crippen LogP contribution in [-0.2, 0) is 9.59 Å². The summed E-state index contributed by atoms with van der Waals surface area (Å²) in [7, 11) is 0. The largest absolute Gasteiger partial charge is 0.326 e. The number of benzene rings is 1. The topological polar surface area (TPSA) is 84.2 Å². The third-order valence-corrected chi connectivity index (χ3v) is 5.49. The fourth-order valence-electron chi connectivity index (χ4n) is 3.39. The summed E-state index contributed by atoms with van der Waals surface area (Å²) in [5.41, 5.74) is 3.06. The number of aryl methyl sites for hydroxylation is 1. The highest BCUT2D eigenvalue weighted by molar-refractivity contribution is 5.95.